The first-order chi connectivity index (χ1) is 13.0. The van der Waals surface area contributed by atoms with Gasteiger partial charge in [0.15, 0.2) is 0 Å². The topological polar surface area (TPSA) is 76.5 Å². The third kappa shape index (κ3) is 4.30. The van der Waals surface area contributed by atoms with Crippen molar-refractivity contribution in [1.29, 1.82) is 0 Å². The van der Waals surface area contributed by atoms with Crippen LogP contribution in [0.4, 0.5) is 5.69 Å². The molecule has 7 heteroatoms. The lowest BCUT2D eigenvalue weighted by Crippen LogP contribution is -2.45. The molecule has 3 rings (SSSR count). The molecule has 2 heterocycles. The molecule has 144 valence electrons. The Hall–Kier alpha value is -2.83. The first kappa shape index (κ1) is 18.9. The van der Waals surface area contributed by atoms with Crippen LogP contribution in [0.5, 0.6) is 5.75 Å². The Labute approximate surface area is 158 Å². The van der Waals surface area contributed by atoms with Gasteiger partial charge in [0.25, 0.3) is 11.5 Å². The van der Waals surface area contributed by atoms with Gasteiger partial charge in [0.2, 0.25) is 0 Å². The fourth-order valence-corrected chi connectivity index (χ4v) is 3.40. The second-order valence-electron chi connectivity index (χ2n) is 6.78. The molecule has 0 aliphatic carbocycles. The van der Waals surface area contributed by atoms with Crippen molar-refractivity contribution in [3.8, 4) is 5.75 Å². The summed E-state index contributed by atoms with van der Waals surface area (Å²) in [6.45, 7) is 5.93. The highest BCUT2D eigenvalue weighted by atomic mass is 16.5. The molecule has 1 aromatic heterocycles. The van der Waals surface area contributed by atoms with Crippen molar-refractivity contribution in [1.82, 2.24) is 15.1 Å². The minimum absolute atomic E-state index is 0.0548. The van der Waals surface area contributed by atoms with Crippen LogP contribution in [-0.2, 0) is 6.54 Å². The van der Waals surface area contributed by atoms with Gasteiger partial charge in [0.1, 0.15) is 5.75 Å². The van der Waals surface area contributed by atoms with Gasteiger partial charge in [-0.1, -0.05) is 0 Å². The smallest absolute Gasteiger partial charge is 0.268 e. The summed E-state index contributed by atoms with van der Waals surface area (Å²) >= 11 is 0. The summed E-state index contributed by atoms with van der Waals surface area (Å²) in [5.74, 6) is 0.691. The monoisotopic (exact) mass is 370 g/mol. The van der Waals surface area contributed by atoms with Crippen molar-refractivity contribution in [2.24, 2.45) is 0 Å². The van der Waals surface area contributed by atoms with Crippen LogP contribution in [0, 0.1) is 6.92 Å². The Kier molecular flexibility index (Phi) is 5.78. The quantitative estimate of drug-likeness (QED) is 0.871. The van der Waals surface area contributed by atoms with E-state index in [0.717, 1.165) is 42.9 Å². The molecule has 1 N–H and O–H groups in total. The van der Waals surface area contributed by atoms with Crippen LogP contribution < -0.4 is 20.5 Å². The Morgan fingerprint density at radius 1 is 1.30 bits per heavy atom. The molecule has 1 saturated heterocycles. The van der Waals surface area contributed by atoms with Crippen LogP contribution in [0.3, 0.4) is 0 Å². The molecule has 1 aromatic carbocycles. The Balaban J connectivity index is 1.58. The number of carbonyl (C=O) groups excluding carboxylic acids is 1. The summed E-state index contributed by atoms with van der Waals surface area (Å²) in [6.07, 6.45) is 3.40. The van der Waals surface area contributed by atoms with Crippen LogP contribution in [0.1, 0.15) is 35.7 Å². The second-order valence-corrected chi connectivity index (χ2v) is 6.78. The van der Waals surface area contributed by atoms with Crippen molar-refractivity contribution in [3.05, 3.63) is 51.9 Å². The largest absolute Gasteiger partial charge is 0.497 e. The standard InChI is InChI=1S/C20H26N4O3/c1-4-24-19(25)12-16(13-21-24)23-9-7-15(8-10-23)22-20(26)18-6-5-17(27-3)11-14(18)2/h5-6,11-13,15H,4,7-10H2,1-3H3,(H,22,26). The molecule has 2 aromatic rings. The SMILES string of the molecule is CCn1ncc(N2CCC(NC(=O)c3ccc(OC)cc3C)CC2)cc1=O. The van der Waals surface area contributed by atoms with Gasteiger partial charge in [0, 0.05) is 37.3 Å². The number of rotatable bonds is 5. The highest BCUT2D eigenvalue weighted by molar-refractivity contribution is 5.96. The molecule has 7 nitrogen and oxygen atoms in total. The maximum absolute atomic E-state index is 12.6. The molecule has 0 bridgehead atoms. The van der Waals surface area contributed by atoms with E-state index in [2.05, 4.69) is 15.3 Å². The third-order valence-corrected chi connectivity index (χ3v) is 5.03. The van der Waals surface area contributed by atoms with E-state index in [1.807, 2.05) is 19.9 Å². The molecular formula is C20H26N4O3. The number of piperidine rings is 1. The molecule has 0 saturated carbocycles. The summed E-state index contributed by atoms with van der Waals surface area (Å²) < 4.78 is 6.63. The maximum Gasteiger partial charge on any atom is 0.268 e. The molecule has 1 aliphatic rings. The number of hydrogen-bond acceptors (Lipinski definition) is 5. The zero-order chi connectivity index (χ0) is 19.4. The number of carbonyl (C=O) groups is 1. The number of amides is 1. The predicted molar refractivity (Wildman–Crippen MR) is 105 cm³/mol. The van der Waals surface area contributed by atoms with E-state index in [1.54, 1.807) is 31.5 Å². The predicted octanol–water partition coefficient (Wildman–Crippen LogP) is 1.98. The fraction of sp³-hybridized carbons (Fsp3) is 0.450. The highest BCUT2D eigenvalue weighted by Gasteiger charge is 2.22. The van der Waals surface area contributed by atoms with Crippen molar-refractivity contribution >= 4 is 11.6 Å². The molecule has 1 aliphatic heterocycles. The van der Waals surface area contributed by atoms with Crippen molar-refractivity contribution in [2.75, 3.05) is 25.1 Å². The minimum Gasteiger partial charge on any atom is -0.497 e. The lowest BCUT2D eigenvalue weighted by atomic mass is 10.0. The van der Waals surface area contributed by atoms with Crippen molar-refractivity contribution in [3.63, 3.8) is 0 Å². The first-order valence-electron chi connectivity index (χ1n) is 9.29. The maximum atomic E-state index is 12.6. The van der Waals surface area contributed by atoms with Gasteiger partial charge in [-0.2, -0.15) is 5.10 Å². The summed E-state index contributed by atoms with van der Waals surface area (Å²) in [6, 6.07) is 7.22. The number of ether oxygens (including phenoxy) is 1. The summed E-state index contributed by atoms with van der Waals surface area (Å²) in [4.78, 5) is 26.7. The summed E-state index contributed by atoms with van der Waals surface area (Å²) in [7, 11) is 1.61. The Bertz CT molecular complexity index is 870. The van der Waals surface area contributed by atoms with Crippen molar-refractivity contribution in [2.45, 2.75) is 39.3 Å². The molecular weight excluding hydrogens is 344 g/mol. The number of benzene rings is 1. The molecule has 1 fully saturated rings. The van der Waals surface area contributed by atoms with Gasteiger partial charge in [-0.3, -0.25) is 9.59 Å². The zero-order valence-corrected chi connectivity index (χ0v) is 16.1. The van der Waals surface area contributed by atoms with Gasteiger partial charge in [-0.15, -0.1) is 0 Å². The van der Waals surface area contributed by atoms with Gasteiger partial charge >= 0.3 is 0 Å². The van der Waals surface area contributed by atoms with Gasteiger partial charge in [0.05, 0.1) is 19.0 Å². The summed E-state index contributed by atoms with van der Waals surface area (Å²) in [5, 5.41) is 7.31. The van der Waals surface area contributed by atoms with Crippen LogP contribution in [-0.4, -0.2) is 41.9 Å². The van der Waals surface area contributed by atoms with Crippen LogP contribution >= 0.6 is 0 Å². The highest BCUT2D eigenvalue weighted by Crippen LogP contribution is 2.20. The molecule has 0 unspecified atom stereocenters. The minimum atomic E-state index is -0.0830. The van der Waals surface area contributed by atoms with Gasteiger partial charge in [-0.25, -0.2) is 4.68 Å². The first-order valence-corrected chi connectivity index (χ1v) is 9.29. The fourth-order valence-electron chi connectivity index (χ4n) is 3.40. The number of nitrogens with zero attached hydrogens (tertiary/aromatic N) is 3. The lowest BCUT2D eigenvalue weighted by molar-refractivity contribution is 0.0930. The Morgan fingerprint density at radius 2 is 2.04 bits per heavy atom. The average molecular weight is 370 g/mol. The number of methoxy groups -OCH3 is 1. The molecule has 1 amide bonds. The van der Waals surface area contributed by atoms with E-state index in [4.69, 9.17) is 4.74 Å². The number of aryl methyl sites for hydroxylation is 2. The van der Waals surface area contributed by atoms with E-state index >= 15 is 0 Å². The molecule has 0 spiro atoms. The van der Waals surface area contributed by atoms with Gasteiger partial charge < -0.3 is 15.0 Å². The molecule has 27 heavy (non-hydrogen) atoms. The lowest BCUT2D eigenvalue weighted by Gasteiger charge is -2.33. The van der Waals surface area contributed by atoms with Crippen molar-refractivity contribution < 1.29 is 9.53 Å². The van der Waals surface area contributed by atoms with E-state index in [0.29, 0.717) is 12.1 Å². The second kappa shape index (κ2) is 8.24. The average Bonchev–Trinajstić information content (AvgIpc) is 2.68. The number of anilines is 1. The number of hydrogen-bond donors (Lipinski definition) is 1. The van der Waals surface area contributed by atoms with Crippen LogP contribution in [0.2, 0.25) is 0 Å². The van der Waals surface area contributed by atoms with Crippen LogP contribution in [0.25, 0.3) is 0 Å². The van der Waals surface area contributed by atoms with E-state index < -0.39 is 0 Å². The summed E-state index contributed by atoms with van der Waals surface area (Å²) in [5.41, 5.74) is 2.33. The van der Waals surface area contributed by atoms with E-state index in [1.165, 1.54) is 4.68 Å². The zero-order valence-electron chi connectivity index (χ0n) is 16.1. The normalized spacial score (nSPS) is 14.9. The number of aromatic nitrogens is 2. The Morgan fingerprint density at radius 3 is 2.63 bits per heavy atom. The van der Waals surface area contributed by atoms with Gasteiger partial charge in [-0.05, 0) is 50.5 Å². The molecule has 0 atom stereocenters. The van der Waals surface area contributed by atoms with E-state index in [9.17, 15) is 9.59 Å². The molecule has 0 radical (unpaired) electrons. The number of nitrogens with one attached hydrogen (secondary N) is 1. The third-order valence-electron chi connectivity index (χ3n) is 5.03. The van der Waals surface area contributed by atoms with E-state index in [-0.39, 0.29) is 17.5 Å². The van der Waals surface area contributed by atoms with Crippen LogP contribution in [0.15, 0.2) is 35.3 Å².